The van der Waals surface area contributed by atoms with E-state index in [2.05, 4.69) is 225 Å². The number of aromatic nitrogens is 2. The van der Waals surface area contributed by atoms with Crippen LogP contribution >= 0.6 is 11.3 Å². The number of allylic oxidation sites excluding steroid dienone is 1. The number of nitrogens with zero attached hydrogens (tertiary/aromatic N) is 3. The minimum atomic E-state index is -1.61. The molecule has 0 amide bonds. The Hall–Kier alpha value is -6.92. The van der Waals surface area contributed by atoms with E-state index >= 15 is 0 Å². The molecule has 1 aliphatic heterocycles. The molecule has 1 aliphatic rings. The molecule has 5 heteroatoms. The van der Waals surface area contributed by atoms with Crippen molar-refractivity contribution < 1.29 is 9.14 Å². The number of rotatable bonds is 9. The minimum Gasteiger partial charge on any atom is -0.208 e. The largest absolute Gasteiger partial charge is 0.301 e. The summed E-state index contributed by atoms with van der Waals surface area (Å²) in [4.78, 5) is 0. The number of para-hydroxylation sites is 2. The number of benzene rings is 8. The molecule has 0 saturated carbocycles. The predicted octanol–water partition coefficient (Wildman–Crippen LogP) is 18.0. The van der Waals surface area contributed by atoms with Gasteiger partial charge in [0.1, 0.15) is 18.1 Å². The Kier molecular flexibility index (Phi) is 12.0. The van der Waals surface area contributed by atoms with Crippen molar-refractivity contribution >= 4 is 84.6 Å². The summed E-state index contributed by atoms with van der Waals surface area (Å²) >= 11 is 1.96. The van der Waals surface area contributed by atoms with Gasteiger partial charge in [0.05, 0.1) is 24.8 Å². The molecule has 11 rings (SSSR count). The number of imidazole rings is 1. The van der Waals surface area contributed by atoms with Crippen LogP contribution in [0.1, 0.15) is 64.0 Å². The van der Waals surface area contributed by atoms with Crippen LogP contribution in [-0.4, -0.2) is 30.0 Å². The third-order valence-corrected chi connectivity index (χ3v) is 19.2. The average Bonchev–Trinajstić information content (AvgIpc) is 3.93. The van der Waals surface area contributed by atoms with Crippen LogP contribution in [-0.2, 0) is 6.42 Å². The van der Waals surface area contributed by atoms with Gasteiger partial charge in [-0.2, -0.15) is 9.13 Å². The monoisotopic (exact) mass is 959 g/mol. The Bertz CT molecular complexity index is 3800. The predicted molar refractivity (Wildman–Crippen MR) is 311 cm³/mol. The summed E-state index contributed by atoms with van der Waals surface area (Å²) in [6.07, 6.45) is 5.97. The third-order valence-electron chi connectivity index (χ3n) is 15.5. The van der Waals surface area contributed by atoms with E-state index in [9.17, 15) is 0 Å². The van der Waals surface area contributed by atoms with Gasteiger partial charge in [-0.05, 0) is 100.0 Å². The molecule has 0 aliphatic carbocycles. The molecule has 0 radical (unpaired) electrons. The van der Waals surface area contributed by atoms with E-state index in [0.717, 1.165) is 48.2 Å². The molecular weight excluding hydrogens is 895 g/mol. The molecular formula is C66H65N3SSi+2. The quantitative estimate of drug-likeness (QED) is 0.0449. The van der Waals surface area contributed by atoms with Gasteiger partial charge >= 0.3 is 5.82 Å². The van der Waals surface area contributed by atoms with E-state index < -0.39 is 8.07 Å². The zero-order chi connectivity index (χ0) is 49.3. The van der Waals surface area contributed by atoms with Crippen LogP contribution in [0.5, 0.6) is 0 Å². The number of thiophene rings is 1. The Labute approximate surface area is 425 Å². The molecule has 0 saturated heterocycles. The van der Waals surface area contributed by atoms with E-state index in [-0.39, 0.29) is 17.9 Å². The van der Waals surface area contributed by atoms with Gasteiger partial charge < -0.3 is 0 Å². The van der Waals surface area contributed by atoms with Gasteiger partial charge in [0.25, 0.3) is 0 Å². The van der Waals surface area contributed by atoms with Gasteiger partial charge in [-0.25, -0.2) is 4.58 Å². The molecule has 2 atom stereocenters. The Morgan fingerprint density at radius 1 is 0.746 bits per heavy atom. The standard InChI is InChI=1S/C66H65N3SSi/c1-11-50(71(8,9)10)41-67(7)61-38-44(6)68-59-28-20-21-29-60(59)69(63-57(43(4)5)39-49(45-22-14-12-15-23-45)40-58(63)46-24-16-13-17-25-46)66(68)62-48(31-33-51(61)42(2)3)32-35-56-55-37-36-53-52-27-19-18-26-47(52)30-34-54(53)64(55)70-65(56)62/h12-30,32,34-37,39-41,43,51,61H,2,6-7,11,31,33,38H2,1,3-5,8-10H3/q+2/b50-41+. The smallest absolute Gasteiger partial charge is 0.208 e. The molecule has 71 heavy (non-hydrogen) atoms. The summed E-state index contributed by atoms with van der Waals surface area (Å²) in [7, 11) is -1.61. The first-order valence-corrected chi connectivity index (χ1v) is 29.9. The lowest BCUT2D eigenvalue weighted by atomic mass is 9.83. The molecule has 3 nitrogen and oxygen atoms in total. The van der Waals surface area contributed by atoms with E-state index in [0.29, 0.717) is 0 Å². The van der Waals surface area contributed by atoms with E-state index in [1.807, 2.05) is 11.3 Å². The number of fused-ring (bicyclic) bond motifs is 13. The number of hydrogen-bond donors (Lipinski definition) is 0. The Balaban J connectivity index is 1.29. The second kappa shape index (κ2) is 18.4. The first-order valence-electron chi connectivity index (χ1n) is 25.6. The van der Waals surface area contributed by atoms with Crippen molar-refractivity contribution in [1.29, 1.82) is 0 Å². The molecule has 0 N–H and O–H groups in total. The molecule has 352 valence electrons. The molecule has 3 heterocycles. The van der Waals surface area contributed by atoms with Gasteiger partial charge in [0.2, 0.25) is 0 Å². The summed E-state index contributed by atoms with van der Waals surface area (Å²) in [5, 5.41) is 9.27. The fourth-order valence-electron chi connectivity index (χ4n) is 11.8. The number of aryl methyl sites for hydroxylation is 1. The summed E-state index contributed by atoms with van der Waals surface area (Å²) in [5.74, 6) is 1.54. The highest BCUT2D eigenvalue weighted by Gasteiger charge is 2.41. The van der Waals surface area contributed by atoms with Crippen LogP contribution in [0.4, 0.5) is 0 Å². The lowest BCUT2D eigenvalue weighted by Crippen LogP contribution is -2.41. The lowest BCUT2D eigenvalue weighted by Gasteiger charge is -2.27. The van der Waals surface area contributed by atoms with Crippen molar-refractivity contribution in [2.45, 2.75) is 85.0 Å². The van der Waals surface area contributed by atoms with Crippen molar-refractivity contribution in [3.8, 4) is 39.3 Å². The van der Waals surface area contributed by atoms with Gasteiger partial charge in [-0.1, -0.05) is 193 Å². The molecule has 0 fully saturated rings. The van der Waals surface area contributed by atoms with Crippen molar-refractivity contribution in [3.63, 3.8) is 0 Å². The van der Waals surface area contributed by atoms with Crippen LogP contribution in [0.3, 0.4) is 0 Å². The highest BCUT2D eigenvalue weighted by molar-refractivity contribution is 7.27. The van der Waals surface area contributed by atoms with Gasteiger partial charge in [-0.15, -0.1) is 11.3 Å². The highest BCUT2D eigenvalue weighted by Crippen LogP contribution is 2.49. The zero-order valence-corrected chi connectivity index (χ0v) is 44.3. The normalized spacial score (nSPS) is 15.8. The Morgan fingerprint density at radius 3 is 2.10 bits per heavy atom. The molecule has 10 aromatic rings. The lowest BCUT2D eigenvalue weighted by molar-refractivity contribution is -0.553. The van der Waals surface area contributed by atoms with Crippen LogP contribution < -0.4 is 4.57 Å². The van der Waals surface area contributed by atoms with Gasteiger partial charge in [-0.3, -0.25) is 0 Å². The van der Waals surface area contributed by atoms with Gasteiger partial charge in [0, 0.05) is 37.9 Å². The van der Waals surface area contributed by atoms with Crippen LogP contribution in [0.25, 0.3) is 97.8 Å². The summed E-state index contributed by atoms with van der Waals surface area (Å²) in [5.41, 5.74) is 14.5. The molecule has 2 unspecified atom stereocenters. The van der Waals surface area contributed by atoms with Crippen LogP contribution in [0, 0.1) is 5.92 Å². The van der Waals surface area contributed by atoms with Gasteiger partial charge in [0.15, 0.2) is 23.3 Å². The van der Waals surface area contributed by atoms with Crippen LogP contribution in [0.2, 0.25) is 19.6 Å². The fourth-order valence-corrected chi connectivity index (χ4v) is 14.8. The molecule has 2 aromatic heterocycles. The maximum atomic E-state index is 5.18. The average molecular weight is 960 g/mol. The van der Waals surface area contributed by atoms with Crippen molar-refractivity contribution in [2.75, 3.05) is 0 Å². The van der Waals surface area contributed by atoms with Crippen molar-refractivity contribution in [3.05, 3.63) is 199 Å². The fraction of sp³-hybridized carbons (Fsp3) is 0.212. The van der Waals surface area contributed by atoms with Crippen molar-refractivity contribution in [2.24, 2.45) is 5.92 Å². The molecule has 0 bridgehead atoms. The maximum Gasteiger partial charge on any atom is 0.301 e. The second-order valence-corrected chi connectivity index (χ2v) is 27.5. The first-order chi connectivity index (χ1) is 34.3. The minimum absolute atomic E-state index is 0.0485. The Morgan fingerprint density at radius 2 is 1.38 bits per heavy atom. The first kappa shape index (κ1) is 46.5. The third kappa shape index (κ3) is 8.04. The second-order valence-electron chi connectivity index (χ2n) is 21.3. The summed E-state index contributed by atoms with van der Waals surface area (Å²) in [6.45, 7) is 31.4. The SMILES string of the molecule is C=C(C)C1CCc2ccc3c(sc4c3ccc3c5ccccc5ccc34)c2-c2n(-c3c(-c4ccccc4)cc(-c4ccccc4)cc3C(C)C)c3ccccc3[n+]2C(=C)CC1[N+](=C)/C=C(\CC)[Si](C)(C)C. The maximum absolute atomic E-state index is 5.18. The van der Waals surface area contributed by atoms with Crippen molar-refractivity contribution in [1.82, 2.24) is 4.57 Å². The number of hydrogen-bond acceptors (Lipinski definition) is 1. The molecule has 8 aromatic carbocycles. The summed E-state index contributed by atoms with van der Waals surface area (Å²) in [6, 6.07) is 59.0. The molecule has 0 spiro atoms. The summed E-state index contributed by atoms with van der Waals surface area (Å²) < 4.78 is 10.1. The topological polar surface area (TPSA) is 11.8 Å². The highest BCUT2D eigenvalue weighted by atomic mass is 32.1. The van der Waals surface area contributed by atoms with E-state index in [1.165, 1.54) is 97.1 Å². The van der Waals surface area contributed by atoms with E-state index in [1.54, 1.807) is 0 Å². The van der Waals surface area contributed by atoms with E-state index in [4.69, 9.17) is 19.9 Å². The van der Waals surface area contributed by atoms with Crippen LogP contribution in [0.15, 0.2) is 188 Å². The zero-order valence-electron chi connectivity index (χ0n) is 42.5.